The van der Waals surface area contributed by atoms with Gasteiger partial charge in [0, 0.05) is 5.92 Å². The summed E-state index contributed by atoms with van der Waals surface area (Å²) in [5.74, 6) is -0.0585. The lowest BCUT2D eigenvalue weighted by Gasteiger charge is -2.42. The van der Waals surface area contributed by atoms with Crippen LogP contribution >= 0.6 is 0 Å². The lowest BCUT2D eigenvalue weighted by molar-refractivity contribution is 0.0980. The molecule has 0 aromatic heterocycles. The van der Waals surface area contributed by atoms with Gasteiger partial charge in [0.2, 0.25) is 0 Å². The zero-order valence-corrected chi connectivity index (χ0v) is 16.6. The molecule has 1 heteroatoms. The lowest BCUT2D eigenvalue weighted by Crippen LogP contribution is -2.44. The third-order valence-electron chi connectivity index (χ3n) is 5.93. The molecule has 0 spiro atoms. The fourth-order valence-electron chi connectivity index (χ4n) is 4.43. The Morgan fingerprint density at radius 2 is 0.828 bits per heavy atom. The Morgan fingerprint density at radius 1 is 0.517 bits per heavy atom. The van der Waals surface area contributed by atoms with Gasteiger partial charge in [-0.15, -0.1) is 0 Å². The molecule has 2 unspecified atom stereocenters. The number of aliphatic hydroxyl groups excluding tert-OH is 1. The highest BCUT2D eigenvalue weighted by atomic mass is 16.3. The van der Waals surface area contributed by atoms with Crippen molar-refractivity contribution in [1.29, 1.82) is 0 Å². The zero-order valence-electron chi connectivity index (χ0n) is 16.6. The van der Waals surface area contributed by atoms with Gasteiger partial charge in [0.1, 0.15) is 0 Å². The standard InChI is InChI=1S/C28H26O/c1-22(23-14-6-2-7-15-23)27(29)28(24-16-8-3-9-17-24,25-18-10-4-11-19-25)26-20-12-5-13-21-26/h2-22,27,29H,1H3. The second-order valence-corrected chi connectivity index (χ2v) is 7.55. The molecule has 4 aromatic carbocycles. The van der Waals surface area contributed by atoms with Gasteiger partial charge in [-0.05, 0) is 22.3 Å². The molecule has 144 valence electrons. The van der Waals surface area contributed by atoms with Crippen LogP contribution in [0.4, 0.5) is 0 Å². The molecule has 0 saturated heterocycles. The first kappa shape index (κ1) is 19.2. The van der Waals surface area contributed by atoms with E-state index < -0.39 is 11.5 Å². The Labute approximate surface area is 173 Å². The highest BCUT2D eigenvalue weighted by Gasteiger charge is 2.45. The van der Waals surface area contributed by atoms with Gasteiger partial charge in [0.05, 0.1) is 11.5 Å². The van der Waals surface area contributed by atoms with E-state index in [9.17, 15) is 5.11 Å². The van der Waals surface area contributed by atoms with E-state index in [-0.39, 0.29) is 5.92 Å². The molecule has 0 saturated carbocycles. The molecule has 0 aliphatic carbocycles. The smallest absolute Gasteiger partial charge is 0.0784 e. The Balaban J connectivity index is 2.00. The molecule has 0 amide bonds. The van der Waals surface area contributed by atoms with E-state index in [0.717, 1.165) is 22.3 Å². The van der Waals surface area contributed by atoms with Gasteiger partial charge in [-0.25, -0.2) is 0 Å². The van der Waals surface area contributed by atoms with E-state index in [1.165, 1.54) is 0 Å². The fraction of sp³-hybridized carbons (Fsp3) is 0.143. The van der Waals surface area contributed by atoms with Crippen LogP contribution in [-0.2, 0) is 5.41 Å². The van der Waals surface area contributed by atoms with Crippen molar-refractivity contribution in [3.8, 4) is 0 Å². The lowest BCUT2D eigenvalue weighted by atomic mass is 9.62. The molecule has 1 N–H and O–H groups in total. The molecular weight excluding hydrogens is 352 g/mol. The third kappa shape index (κ3) is 3.50. The van der Waals surface area contributed by atoms with E-state index in [1.54, 1.807) is 0 Å². The second-order valence-electron chi connectivity index (χ2n) is 7.55. The van der Waals surface area contributed by atoms with Crippen LogP contribution in [0.2, 0.25) is 0 Å². The van der Waals surface area contributed by atoms with E-state index in [4.69, 9.17) is 0 Å². The van der Waals surface area contributed by atoms with E-state index >= 15 is 0 Å². The minimum Gasteiger partial charge on any atom is -0.391 e. The Hall–Kier alpha value is -3.16. The average Bonchev–Trinajstić information content (AvgIpc) is 2.82. The van der Waals surface area contributed by atoms with Crippen molar-refractivity contribution in [2.75, 3.05) is 0 Å². The summed E-state index contributed by atoms with van der Waals surface area (Å²) in [6.07, 6.45) is -0.655. The van der Waals surface area contributed by atoms with Crippen molar-refractivity contribution in [2.45, 2.75) is 24.4 Å². The summed E-state index contributed by atoms with van der Waals surface area (Å²) in [7, 11) is 0. The first-order chi connectivity index (χ1) is 14.2. The van der Waals surface area contributed by atoms with Gasteiger partial charge in [-0.1, -0.05) is 128 Å². The predicted octanol–water partition coefficient (Wildman–Crippen LogP) is 6.19. The number of benzene rings is 4. The van der Waals surface area contributed by atoms with Crippen LogP contribution in [0.3, 0.4) is 0 Å². The largest absolute Gasteiger partial charge is 0.391 e. The predicted molar refractivity (Wildman–Crippen MR) is 120 cm³/mol. The van der Waals surface area contributed by atoms with E-state index in [2.05, 4.69) is 91.9 Å². The molecular formula is C28H26O. The molecule has 0 heterocycles. The van der Waals surface area contributed by atoms with Gasteiger partial charge in [0.25, 0.3) is 0 Å². The highest BCUT2D eigenvalue weighted by molar-refractivity contribution is 5.53. The van der Waals surface area contributed by atoms with Gasteiger partial charge in [-0.2, -0.15) is 0 Å². The summed E-state index contributed by atoms with van der Waals surface area (Å²) in [5, 5.41) is 12.0. The topological polar surface area (TPSA) is 20.2 Å². The first-order valence-corrected chi connectivity index (χ1v) is 10.1. The molecule has 4 rings (SSSR count). The Bertz CT molecular complexity index is 914. The Kier molecular flexibility index (Phi) is 5.59. The summed E-state index contributed by atoms with van der Waals surface area (Å²) in [5.41, 5.74) is 3.72. The maximum Gasteiger partial charge on any atom is 0.0784 e. The van der Waals surface area contributed by atoms with Crippen LogP contribution in [0.1, 0.15) is 35.1 Å². The van der Waals surface area contributed by atoms with Crippen molar-refractivity contribution in [1.82, 2.24) is 0 Å². The van der Waals surface area contributed by atoms with Gasteiger partial charge < -0.3 is 5.11 Å². The summed E-state index contributed by atoms with van der Waals surface area (Å²) in [4.78, 5) is 0. The molecule has 0 fully saturated rings. The minimum atomic E-state index is -0.682. The van der Waals surface area contributed by atoms with E-state index in [0.29, 0.717) is 0 Å². The molecule has 0 aliphatic rings. The molecule has 0 aliphatic heterocycles. The fourth-order valence-corrected chi connectivity index (χ4v) is 4.43. The number of hydrogen-bond acceptors (Lipinski definition) is 1. The van der Waals surface area contributed by atoms with Crippen LogP contribution in [0.5, 0.6) is 0 Å². The van der Waals surface area contributed by atoms with Crippen LogP contribution in [0.25, 0.3) is 0 Å². The van der Waals surface area contributed by atoms with E-state index in [1.807, 2.05) is 36.4 Å². The molecule has 0 radical (unpaired) electrons. The normalized spacial score (nSPS) is 13.6. The van der Waals surface area contributed by atoms with Crippen LogP contribution in [0, 0.1) is 0 Å². The van der Waals surface area contributed by atoms with Crippen LogP contribution in [-0.4, -0.2) is 11.2 Å². The summed E-state index contributed by atoms with van der Waals surface area (Å²) < 4.78 is 0. The minimum absolute atomic E-state index is 0.0585. The number of hydrogen-bond donors (Lipinski definition) is 1. The van der Waals surface area contributed by atoms with Crippen molar-refractivity contribution in [3.63, 3.8) is 0 Å². The summed E-state index contributed by atoms with van der Waals surface area (Å²) in [6.45, 7) is 2.11. The quantitative estimate of drug-likeness (QED) is 0.397. The molecule has 2 atom stereocenters. The van der Waals surface area contributed by atoms with Gasteiger partial charge in [0.15, 0.2) is 0 Å². The SMILES string of the molecule is CC(c1ccccc1)C(O)C(c1ccccc1)(c1ccccc1)c1ccccc1. The van der Waals surface area contributed by atoms with Gasteiger partial charge in [-0.3, -0.25) is 0 Å². The second kappa shape index (κ2) is 8.46. The number of aliphatic hydroxyl groups is 1. The molecule has 1 nitrogen and oxygen atoms in total. The zero-order chi connectivity index (χ0) is 20.1. The molecule has 4 aromatic rings. The summed E-state index contributed by atoms with van der Waals surface area (Å²) in [6, 6.07) is 41.4. The maximum atomic E-state index is 12.0. The Morgan fingerprint density at radius 3 is 1.17 bits per heavy atom. The van der Waals surface area contributed by atoms with Gasteiger partial charge >= 0.3 is 0 Å². The van der Waals surface area contributed by atoms with Crippen LogP contribution < -0.4 is 0 Å². The monoisotopic (exact) mass is 378 g/mol. The van der Waals surface area contributed by atoms with Crippen molar-refractivity contribution in [3.05, 3.63) is 144 Å². The number of rotatable bonds is 6. The van der Waals surface area contributed by atoms with Crippen molar-refractivity contribution < 1.29 is 5.11 Å². The molecule has 29 heavy (non-hydrogen) atoms. The summed E-state index contributed by atoms with van der Waals surface area (Å²) >= 11 is 0. The molecule has 0 bridgehead atoms. The highest BCUT2D eigenvalue weighted by Crippen LogP contribution is 2.46. The average molecular weight is 379 g/mol. The first-order valence-electron chi connectivity index (χ1n) is 10.1. The van der Waals surface area contributed by atoms with Crippen molar-refractivity contribution in [2.24, 2.45) is 0 Å². The van der Waals surface area contributed by atoms with Crippen LogP contribution in [0.15, 0.2) is 121 Å². The third-order valence-corrected chi connectivity index (χ3v) is 5.93. The van der Waals surface area contributed by atoms with Crippen molar-refractivity contribution >= 4 is 0 Å². The maximum absolute atomic E-state index is 12.0.